The van der Waals surface area contributed by atoms with Crippen molar-refractivity contribution in [3.05, 3.63) is 35.2 Å². The molecule has 6 heteroatoms. The number of alkyl carbamates (subject to hydrolysis) is 1. The highest BCUT2D eigenvalue weighted by Gasteiger charge is 2.16. The molecule has 1 aromatic carbocycles. The number of anilines is 1. The van der Waals surface area contributed by atoms with Gasteiger partial charge in [0.15, 0.2) is 0 Å². The Morgan fingerprint density at radius 3 is 2.61 bits per heavy atom. The number of benzene rings is 1. The zero-order chi connectivity index (χ0) is 13.4. The van der Waals surface area contributed by atoms with E-state index in [1.54, 1.807) is 12.1 Å². The molecular formula is C12H17N3O3. The van der Waals surface area contributed by atoms with E-state index in [1.807, 2.05) is 25.1 Å². The Balaban J connectivity index is 2.66. The Bertz CT molecular complexity index is 383. The van der Waals surface area contributed by atoms with Gasteiger partial charge in [-0.2, -0.15) is 0 Å². The first-order chi connectivity index (χ1) is 8.71. The minimum absolute atomic E-state index is 0.199. The Morgan fingerprint density at radius 1 is 1.44 bits per heavy atom. The number of nitrogens with one attached hydrogen (secondary N) is 1. The average Bonchev–Trinajstić information content (AvgIpc) is 2.43. The van der Waals surface area contributed by atoms with Crippen LogP contribution in [-0.4, -0.2) is 25.8 Å². The lowest BCUT2D eigenvalue weighted by molar-refractivity contribution is 0.166. The van der Waals surface area contributed by atoms with E-state index in [-0.39, 0.29) is 6.04 Å². The summed E-state index contributed by atoms with van der Waals surface area (Å²) in [7, 11) is 1.30. The van der Waals surface area contributed by atoms with Crippen LogP contribution in [0.4, 0.5) is 10.5 Å². The normalized spacial score (nSPS) is 11.4. The fourth-order valence-electron chi connectivity index (χ4n) is 1.50. The van der Waals surface area contributed by atoms with E-state index in [2.05, 4.69) is 15.3 Å². The van der Waals surface area contributed by atoms with Crippen molar-refractivity contribution in [1.29, 1.82) is 0 Å². The first-order valence-electron chi connectivity index (χ1n) is 5.71. The van der Waals surface area contributed by atoms with Crippen LogP contribution in [0.1, 0.15) is 13.3 Å². The highest BCUT2D eigenvalue weighted by atomic mass is 16.5. The maximum atomic E-state index is 11.1. The Kier molecular flexibility index (Phi) is 5.63. The van der Waals surface area contributed by atoms with E-state index >= 15 is 0 Å². The number of methoxy groups -OCH3 is 1. The third-order valence-electron chi connectivity index (χ3n) is 2.55. The number of carbonyl (C=O) groups is 1. The van der Waals surface area contributed by atoms with Gasteiger partial charge in [0, 0.05) is 0 Å². The molecule has 98 valence electrons. The summed E-state index contributed by atoms with van der Waals surface area (Å²) in [6, 6.07) is 8.87. The number of ether oxygens (including phenoxy) is 1. The molecule has 0 radical (unpaired) electrons. The summed E-state index contributed by atoms with van der Waals surface area (Å²) < 4.78 is 4.53. The summed E-state index contributed by atoms with van der Waals surface area (Å²) in [5.41, 5.74) is 0.692. The van der Waals surface area contributed by atoms with Crippen LogP contribution < -0.4 is 10.3 Å². The predicted molar refractivity (Wildman–Crippen MR) is 69.2 cm³/mol. The number of amides is 1. The molecule has 6 nitrogen and oxygen atoms in total. The number of nitroso groups, excluding NO2 is 1. The van der Waals surface area contributed by atoms with Crippen molar-refractivity contribution in [1.82, 2.24) is 5.32 Å². The zero-order valence-electron chi connectivity index (χ0n) is 10.5. The summed E-state index contributed by atoms with van der Waals surface area (Å²) >= 11 is 0. The largest absolute Gasteiger partial charge is 0.453 e. The van der Waals surface area contributed by atoms with Crippen molar-refractivity contribution < 1.29 is 9.53 Å². The van der Waals surface area contributed by atoms with Crippen molar-refractivity contribution in [3.8, 4) is 0 Å². The average molecular weight is 251 g/mol. The zero-order valence-corrected chi connectivity index (χ0v) is 10.5. The lowest BCUT2D eigenvalue weighted by atomic mass is 10.2. The molecule has 18 heavy (non-hydrogen) atoms. The third kappa shape index (κ3) is 4.04. The molecule has 0 aliphatic heterocycles. The van der Waals surface area contributed by atoms with Crippen LogP contribution in [0.3, 0.4) is 0 Å². The van der Waals surface area contributed by atoms with E-state index in [0.717, 1.165) is 0 Å². The van der Waals surface area contributed by atoms with Gasteiger partial charge in [-0.3, -0.25) is 0 Å². The second-order valence-corrected chi connectivity index (χ2v) is 3.74. The van der Waals surface area contributed by atoms with Gasteiger partial charge in [-0.25, -0.2) is 9.80 Å². The molecule has 0 fully saturated rings. The first-order valence-corrected chi connectivity index (χ1v) is 5.71. The van der Waals surface area contributed by atoms with Crippen molar-refractivity contribution >= 4 is 11.8 Å². The third-order valence-corrected chi connectivity index (χ3v) is 2.55. The standard InChI is InChI=1S/C12H17N3O3/c1-3-10(13-12(16)18-2)9-15(14-17)11-7-5-4-6-8-11/h4-8,10H,3,9H2,1-2H3,(H,13,16). The molecule has 1 atom stereocenters. The number of hydrogen-bond donors (Lipinski definition) is 1. The highest BCUT2D eigenvalue weighted by molar-refractivity contribution is 5.67. The van der Waals surface area contributed by atoms with Crippen LogP contribution in [-0.2, 0) is 4.74 Å². The molecule has 1 unspecified atom stereocenters. The molecule has 0 heterocycles. The maximum Gasteiger partial charge on any atom is 0.407 e. The second kappa shape index (κ2) is 7.26. The lowest BCUT2D eigenvalue weighted by Crippen LogP contribution is -2.41. The summed E-state index contributed by atoms with van der Waals surface area (Å²) in [6.07, 6.45) is 0.161. The maximum absolute atomic E-state index is 11.1. The molecular weight excluding hydrogens is 234 g/mol. The summed E-state index contributed by atoms with van der Waals surface area (Å²) in [4.78, 5) is 22.0. The minimum Gasteiger partial charge on any atom is -0.453 e. The predicted octanol–water partition coefficient (Wildman–Crippen LogP) is 2.31. The Morgan fingerprint density at radius 2 is 2.11 bits per heavy atom. The SMILES string of the molecule is CCC(CN(N=O)c1ccccc1)NC(=O)OC. The summed E-state index contributed by atoms with van der Waals surface area (Å²) in [5.74, 6) is 0. The van der Waals surface area contributed by atoms with E-state index in [0.29, 0.717) is 18.7 Å². The number of carbonyl (C=O) groups excluding carboxylic acids is 1. The molecule has 1 aromatic rings. The molecule has 0 bridgehead atoms. The molecule has 1 N–H and O–H groups in total. The van der Waals surface area contributed by atoms with Gasteiger partial charge < -0.3 is 10.1 Å². The number of rotatable bonds is 6. The Hall–Kier alpha value is -2.11. The van der Waals surface area contributed by atoms with Gasteiger partial charge in [0.25, 0.3) is 0 Å². The van der Waals surface area contributed by atoms with Crippen molar-refractivity contribution in [2.24, 2.45) is 5.29 Å². The molecule has 1 rings (SSSR count). The second-order valence-electron chi connectivity index (χ2n) is 3.74. The topological polar surface area (TPSA) is 71.0 Å². The van der Waals surface area contributed by atoms with Crippen LogP contribution in [0.5, 0.6) is 0 Å². The van der Waals surface area contributed by atoms with Crippen LogP contribution in [0, 0.1) is 4.91 Å². The monoisotopic (exact) mass is 251 g/mol. The van der Waals surface area contributed by atoms with Gasteiger partial charge in [-0.15, -0.1) is 4.91 Å². The smallest absolute Gasteiger partial charge is 0.407 e. The van der Waals surface area contributed by atoms with E-state index in [9.17, 15) is 9.70 Å². The summed E-state index contributed by atoms with van der Waals surface area (Å²) in [6.45, 7) is 2.22. The molecule has 0 saturated heterocycles. The van der Waals surface area contributed by atoms with Crippen molar-refractivity contribution in [3.63, 3.8) is 0 Å². The van der Waals surface area contributed by atoms with Crippen LogP contribution >= 0.6 is 0 Å². The lowest BCUT2D eigenvalue weighted by Gasteiger charge is -2.22. The first kappa shape index (κ1) is 14.0. The quantitative estimate of drug-likeness (QED) is 0.622. The van der Waals surface area contributed by atoms with E-state index in [4.69, 9.17) is 0 Å². The van der Waals surface area contributed by atoms with Crippen molar-refractivity contribution in [2.75, 3.05) is 18.7 Å². The van der Waals surface area contributed by atoms with Crippen LogP contribution in [0.15, 0.2) is 35.6 Å². The van der Waals surface area contributed by atoms with Gasteiger partial charge >= 0.3 is 6.09 Å². The molecule has 1 amide bonds. The van der Waals surface area contributed by atoms with Gasteiger partial charge in [-0.05, 0) is 18.6 Å². The molecule has 0 aromatic heterocycles. The Labute approximate surface area is 106 Å². The van der Waals surface area contributed by atoms with Crippen molar-refractivity contribution in [2.45, 2.75) is 19.4 Å². The van der Waals surface area contributed by atoms with Gasteiger partial charge in [0.1, 0.15) is 0 Å². The number of hydrogen-bond acceptors (Lipinski definition) is 4. The molecule has 0 aliphatic rings. The van der Waals surface area contributed by atoms with E-state index < -0.39 is 6.09 Å². The fourth-order valence-corrected chi connectivity index (χ4v) is 1.50. The molecule has 0 spiro atoms. The van der Waals surface area contributed by atoms with Crippen LogP contribution in [0.2, 0.25) is 0 Å². The summed E-state index contributed by atoms with van der Waals surface area (Å²) in [5, 5.41) is 6.93. The number of nitrogens with zero attached hydrogens (tertiary/aromatic N) is 2. The highest BCUT2D eigenvalue weighted by Crippen LogP contribution is 2.14. The molecule has 0 aliphatic carbocycles. The van der Waals surface area contributed by atoms with Gasteiger partial charge in [0.2, 0.25) is 0 Å². The van der Waals surface area contributed by atoms with Gasteiger partial charge in [-0.1, -0.05) is 25.1 Å². The van der Waals surface area contributed by atoms with E-state index in [1.165, 1.54) is 12.1 Å². The minimum atomic E-state index is -0.513. The van der Waals surface area contributed by atoms with Crippen LogP contribution in [0.25, 0.3) is 0 Å². The number of para-hydroxylation sites is 1. The fraction of sp³-hybridized carbons (Fsp3) is 0.417. The molecule has 0 saturated carbocycles. The van der Waals surface area contributed by atoms with Gasteiger partial charge in [0.05, 0.1) is 30.7 Å².